The maximum atomic E-state index is 14.2. The molecule has 0 radical (unpaired) electrons. The molecule has 1 aliphatic heterocycles. The second kappa shape index (κ2) is 38.2. The third kappa shape index (κ3) is 30.0. The Balaban J connectivity index is 3.15. The molecule has 0 spiro atoms. The summed E-state index contributed by atoms with van der Waals surface area (Å²) in [6.45, 7) is 10.9. The number of ether oxygens (including phenoxy) is 3. The van der Waals surface area contributed by atoms with Crippen LogP contribution in [-0.4, -0.2) is 86.8 Å². The lowest BCUT2D eigenvalue weighted by molar-refractivity contribution is -0.165. The van der Waals surface area contributed by atoms with E-state index in [0.29, 0.717) is 32.6 Å². The summed E-state index contributed by atoms with van der Waals surface area (Å²) in [6, 6.07) is 0. The SMILES string of the molecule is CCCCC/C=C\CCC(CC/C=C\CCCCC)OC(=O)C1CN(CCOC(=O)CCN(C)C)CC1C(=O)OC(CC/C=C\CCCCC)CC/C=C\CCCCC. The standard InChI is InChI=1S/C51H90N2O6/c1-7-11-15-19-23-27-31-35-45(36-32-28-24-20-16-12-8-2)58-50(55)47-43-53(41-42-57-49(54)39-40-52(5)6)44-48(47)51(56)59-46(37-33-29-25-21-17-13-9-3)38-34-30-26-22-18-14-10-4/h23-30,45-48H,7-22,31-44H2,1-6H3/b27-23-,28-24-,29-25-,30-26-. The van der Waals surface area contributed by atoms with Gasteiger partial charge in [0.2, 0.25) is 0 Å². The first kappa shape index (κ1) is 54.3. The zero-order valence-electron chi connectivity index (χ0n) is 39.0. The molecule has 1 fully saturated rings. The minimum absolute atomic E-state index is 0.214. The van der Waals surface area contributed by atoms with Gasteiger partial charge in [-0.1, -0.05) is 128 Å². The van der Waals surface area contributed by atoms with Crippen LogP contribution in [0, 0.1) is 11.8 Å². The number of hydrogen-bond acceptors (Lipinski definition) is 8. The minimum atomic E-state index is -0.638. The molecule has 0 saturated carbocycles. The smallest absolute Gasteiger partial charge is 0.311 e. The van der Waals surface area contributed by atoms with Gasteiger partial charge in [-0.05, 0) is 117 Å². The maximum Gasteiger partial charge on any atom is 0.311 e. The van der Waals surface area contributed by atoms with Crippen LogP contribution in [0.4, 0.5) is 0 Å². The average Bonchev–Trinajstić information content (AvgIpc) is 3.66. The fraction of sp³-hybridized carbons (Fsp3) is 0.784. The van der Waals surface area contributed by atoms with Crippen LogP contribution < -0.4 is 0 Å². The minimum Gasteiger partial charge on any atom is -0.464 e. The largest absolute Gasteiger partial charge is 0.464 e. The van der Waals surface area contributed by atoms with Crippen molar-refractivity contribution in [2.45, 2.75) is 200 Å². The van der Waals surface area contributed by atoms with Crippen LogP contribution in [0.15, 0.2) is 48.6 Å². The van der Waals surface area contributed by atoms with E-state index in [4.69, 9.17) is 14.2 Å². The van der Waals surface area contributed by atoms with Gasteiger partial charge in [-0.25, -0.2) is 0 Å². The normalized spacial score (nSPS) is 16.4. The van der Waals surface area contributed by atoms with Crippen LogP contribution in [0.25, 0.3) is 0 Å². The highest BCUT2D eigenvalue weighted by Crippen LogP contribution is 2.29. The molecule has 1 saturated heterocycles. The molecule has 2 atom stereocenters. The Morgan fingerprint density at radius 3 is 1.20 bits per heavy atom. The predicted molar refractivity (Wildman–Crippen MR) is 247 cm³/mol. The molecule has 0 bridgehead atoms. The summed E-state index contributed by atoms with van der Waals surface area (Å²) in [5, 5.41) is 0. The predicted octanol–water partition coefficient (Wildman–Crippen LogP) is 12.5. The van der Waals surface area contributed by atoms with E-state index in [-0.39, 0.29) is 36.7 Å². The molecule has 0 aromatic rings. The van der Waals surface area contributed by atoms with Gasteiger partial charge in [0.25, 0.3) is 0 Å². The number of likely N-dealkylation sites (tertiary alicyclic amines) is 1. The third-order valence-corrected chi connectivity index (χ3v) is 11.2. The van der Waals surface area contributed by atoms with Crippen molar-refractivity contribution in [3.8, 4) is 0 Å². The van der Waals surface area contributed by atoms with Gasteiger partial charge < -0.3 is 19.1 Å². The topological polar surface area (TPSA) is 85.4 Å². The monoisotopic (exact) mass is 827 g/mol. The summed E-state index contributed by atoms with van der Waals surface area (Å²) in [5.41, 5.74) is 0. The van der Waals surface area contributed by atoms with Gasteiger partial charge in [-0.3, -0.25) is 19.3 Å². The molecule has 1 aliphatic rings. The molecule has 0 aromatic heterocycles. The molecule has 2 unspecified atom stereocenters. The number of rotatable bonds is 38. The molecule has 8 nitrogen and oxygen atoms in total. The first-order valence-corrected chi connectivity index (χ1v) is 24.3. The molecule has 0 amide bonds. The number of esters is 3. The van der Waals surface area contributed by atoms with E-state index >= 15 is 0 Å². The average molecular weight is 827 g/mol. The molecule has 8 heteroatoms. The Morgan fingerprint density at radius 2 is 0.881 bits per heavy atom. The maximum absolute atomic E-state index is 14.2. The van der Waals surface area contributed by atoms with Crippen molar-refractivity contribution in [3.63, 3.8) is 0 Å². The van der Waals surface area contributed by atoms with Crippen molar-refractivity contribution >= 4 is 17.9 Å². The highest BCUT2D eigenvalue weighted by molar-refractivity contribution is 5.83. The van der Waals surface area contributed by atoms with Gasteiger partial charge in [0.05, 0.1) is 18.3 Å². The molecule has 59 heavy (non-hydrogen) atoms. The van der Waals surface area contributed by atoms with Gasteiger partial charge in [0, 0.05) is 26.2 Å². The van der Waals surface area contributed by atoms with Crippen LogP contribution in [0.1, 0.15) is 188 Å². The second-order valence-electron chi connectivity index (χ2n) is 17.0. The van der Waals surface area contributed by atoms with Crippen molar-refractivity contribution in [2.75, 3.05) is 46.9 Å². The van der Waals surface area contributed by atoms with E-state index in [1.165, 1.54) is 77.0 Å². The van der Waals surface area contributed by atoms with Gasteiger partial charge in [0.15, 0.2) is 0 Å². The lowest BCUT2D eigenvalue weighted by atomic mass is 9.95. The zero-order chi connectivity index (χ0) is 43.2. The van der Waals surface area contributed by atoms with Gasteiger partial charge >= 0.3 is 17.9 Å². The molecule has 1 rings (SSSR count). The number of hydrogen-bond donors (Lipinski definition) is 0. The molecule has 0 N–H and O–H groups in total. The van der Waals surface area contributed by atoms with Crippen LogP contribution in [0.3, 0.4) is 0 Å². The Labute approximate surface area is 363 Å². The Morgan fingerprint density at radius 1 is 0.542 bits per heavy atom. The van der Waals surface area contributed by atoms with E-state index < -0.39 is 11.8 Å². The van der Waals surface area contributed by atoms with E-state index in [9.17, 15) is 14.4 Å². The van der Waals surface area contributed by atoms with Crippen molar-refractivity contribution in [1.82, 2.24) is 9.80 Å². The van der Waals surface area contributed by atoms with Crippen LogP contribution in [0.2, 0.25) is 0 Å². The van der Waals surface area contributed by atoms with Crippen molar-refractivity contribution in [1.29, 1.82) is 0 Å². The highest BCUT2D eigenvalue weighted by Gasteiger charge is 2.44. The van der Waals surface area contributed by atoms with E-state index in [1.54, 1.807) is 0 Å². The Bertz CT molecular complexity index is 1040. The second-order valence-corrected chi connectivity index (χ2v) is 17.0. The third-order valence-electron chi connectivity index (χ3n) is 11.2. The van der Waals surface area contributed by atoms with Crippen molar-refractivity contribution in [3.05, 3.63) is 48.6 Å². The summed E-state index contributed by atoms with van der Waals surface area (Å²) in [6.07, 6.45) is 43.2. The van der Waals surface area contributed by atoms with E-state index in [1.807, 2.05) is 19.0 Å². The number of nitrogens with zero attached hydrogens (tertiary/aromatic N) is 2. The summed E-state index contributed by atoms with van der Waals surface area (Å²) in [4.78, 5) is 44.8. The highest BCUT2D eigenvalue weighted by atomic mass is 16.6. The van der Waals surface area contributed by atoms with Crippen LogP contribution >= 0.6 is 0 Å². The number of unbranched alkanes of at least 4 members (excludes halogenated alkanes) is 12. The van der Waals surface area contributed by atoms with Crippen LogP contribution in [0.5, 0.6) is 0 Å². The number of allylic oxidation sites excluding steroid dienone is 8. The molecule has 0 aliphatic carbocycles. The molecule has 340 valence electrons. The summed E-state index contributed by atoms with van der Waals surface area (Å²) in [5.74, 6) is -2.15. The molecular formula is C51H90N2O6. The molecule has 1 heterocycles. The molecule has 0 aromatic carbocycles. The molecular weight excluding hydrogens is 737 g/mol. The Kier molecular flexibility index (Phi) is 35.2. The van der Waals surface area contributed by atoms with Crippen molar-refractivity contribution < 1.29 is 28.6 Å². The quantitative estimate of drug-likeness (QED) is 0.0263. The van der Waals surface area contributed by atoms with Crippen LogP contribution in [-0.2, 0) is 28.6 Å². The first-order chi connectivity index (χ1) is 28.7. The fourth-order valence-corrected chi connectivity index (χ4v) is 7.37. The lowest BCUT2D eigenvalue weighted by Crippen LogP contribution is -2.35. The first-order valence-electron chi connectivity index (χ1n) is 24.3. The summed E-state index contributed by atoms with van der Waals surface area (Å²) >= 11 is 0. The van der Waals surface area contributed by atoms with E-state index in [0.717, 1.165) is 77.0 Å². The van der Waals surface area contributed by atoms with Gasteiger partial charge in [0.1, 0.15) is 18.8 Å². The Hall–Kier alpha value is -2.71. The zero-order valence-corrected chi connectivity index (χ0v) is 39.0. The lowest BCUT2D eigenvalue weighted by Gasteiger charge is -2.23. The van der Waals surface area contributed by atoms with Gasteiger partial charge in [-0.15, -0.1) is 0 Å². The van der Waals surface area contributed by atoms with Crippen molar-refractivity contribution in [2.24, 2.45) is 11.8 Å². The number of carbonyl (C=O) groups is 3. The van der Waals surface area contributed by atoms with Gasteiger partial charge in [-0.2, -0.15) is 0 Å². The van der Waals surface area contributed by atoms with E-state index in [2.05, 4.69) is 81.2 Å². The fourth-order valence-electron chi connectivity index (χ4n) is 7.37. The summed E-state index contributed by atoms with van der Waals surface area (Å²) < 4.78 is 18.2. The summed E-state index contributed by atoms with van der Waals surface area (Å²) in [7, 11) is 3.86. The number of carbonyl (C=O) groups excluding carboxylic acids is 3.